The highest BCUT2D eigenvalue weighted by Gasteiger charge is 2.46. The number of likely N-dealkylation sites (N-methyl/N-ethyl adjacent to an activating group) is 1. The van der Waals surface area contributed by atoms with Gasteiger partial charge in [-0.2, -0.15) is 29.8 Å². The highest BCUT2D eigenvalue weighted by Crippen LogP contribution is 2.52. The molecule has 0 spiro atoms. The number of nitrogens with zero attached hydrogens (tertiary/aromatic N) is 3. The Hall–Kier alpha value is -7.05. The van der Waals surface area contributed by atoms with Crippen LogP contribution in [0.1, 0.15) is 93.5 Å². The number of benzene rings is 5. The van der Waals surface area contributed by atoms with E-state index in [1.165, 1.54) is 30.5 Å². The lowest BCUT2D eigenvalue weighted by Gasteiger charge is -2.26. The predicted octanol–water partition coefficient (Wildman–Crippen LogP) is 6.63. The highest BCUT2D eigenvalue weighted by molar-refractivity contribution is 7.89. The number of hydrogen-bond acceptors (Lipinski definition) is 15. The minimum Gasteiger partial charge on any atom is -0.744 e. The molecule has 6 aromatic rings. The maximum Gasteiger partial charge on any atom is 0.295 e. The van der Waals surface area contributed by atoms with E-state index in [2.05, 4.69) is 10.6 Å². The topological polar surface area (TPSA) is 358 Å². The van der Waals surface area contributed by atoms with Crippen LogP contribution in [0.2, 0.25) is 0 Å². The largest absolute Gasteiger partial charge is 0.744 e. The number of carbonyl (C=O) groups excluding carboxylic acids is 2. The van der Waals surface area contributed by atoms with Crippen molar-refractivity contribution in [3.8, 4) is 0 Å². The van der Waals surface area contributed by atoms with E-state index in [9.17, 15) is 69.9 Å². The molecule has 1 aromatic heterocycles. The molecule has 0 radical (unpaired) electrons. The summed E-state index contributed by atoms with van der Waals surface area (Å²) >= 11 is 0. The molecule has 3 heterocycles. The van der Waals surface area contributed by atoms with Crippen molar-refractivity contribution in [2.75, 3.05) is 24.5 Å². The number of amides is 2. The third-order valence-corrected chi connectivity index (χ3v) is 18.9. The van der Waals surface area contributed by atoms with Gasteiger partial charge in [0.05, 0.1) is 36.3 Å². The second-order valence-corrected chi connectivity index (χ2v) is 27.7. The van der Waals surface area contributed by atoms with E-state index in [4.69, 9.17) is 10.1 Å². The Morgan fingerprint density at radius 3 is 1.88 bits per heavy atom. The van der Waals surface area contributed by atoms with E-state index in [1.54, 1.807) is 60.7 Å². The molecule has 0 fully saturated rings. The molecule has 0 saturated carbocycles. The number of nitrogens with two attached hydrogens (primary N) is 1. The Morgan fingerprint density at radius 1 is 0.707 bits per heavy atom. The summed E-state index contributed by atoms with van der Waals surface area (Å²) in [7, 11) is -24.1. The monoisotopic (exact) mass is 1220 g/mol. The van der Waals surface area contributed by atoms with Crippen LogP contribution in [0.3, 0.4) is 0 Å². The standard InChI is InChI=1S/C55H58N6O16S5/c1-7-60-44-22-19-39-41(27-37(79(66,67)68)29-46(39)81(72,73)74)51(44)54(3,4)48(60)24-15-34(43-21-14-35(32-58-43)53(63)57-26-10-9-11-50(62)59-31-33-12-17-36(18-13-33)78(56,64)65)16-25-49-55(5,6)52-42-28-38(80(69,70)71)30-47(82(75,76)77)40(42)20-23-45(52)61(49)8-2/h12-25,27-30,32H,7-11,26,31H2,1-6H3,(H7-,56,57,59,62,63,64,65,66,67,68,69,70,71,72,73,74,75,76,77). The number of allylic oxidation sites excluding steroid dienone is 6. The third-order valence-electron chi connectivity index (χ3n) is 14.6. The zero-order valence-electron chi connectivity index (χ0n) is 45.0. The fraction of sp³-hybridized carbons (Fsp3) is 0.273. The van der Waals surface area contributed by atoms with Crippen LogP contribution in [0.25, 0.3) is 27.1 Å². The summed E-state index contributed by atoms with van der Waals surface area (Å²) < 4.78 is 169. The molecule has 5 aromatic carbocycles. The lowest BCUT2D eigenvalue weighted by atomic mass is 9.79. The second kappa shape index (κ2) is 22.3. The van der Waals surface area contributed by atoms with Crippen LogP contribution in [0.5, 0.6) is 0 Å². The lowest BCUT2D eigenvalue weighted by molar-refractivity contribution is -0.433. The minimum absolute atomic E-state index is 0.00603. The molecule has 0 atom stereocenters. The minimum atomic E-state index is -5.26. The first-order chi connectivity index (χ1) is 38.1. The van der Waals surface area contributed by atoms with E-state index in [-0.39, 0.29) is 57.4 Å². The van der Waals surface area contributed by atoms with Gasteiger partial charge in [0.15, 0.2) is 5.71 Å². The zero-order valence-corrected chi connectivity index (χ0v) is 49.1. The second-order valence-electron chi connectivity index (χ2n) is 20.6. The summed E-state index contributed by atoms with van der Waals surface area (Å²) in [6, 6.07) is 18.7. The number of sulfonamides is 1. The fourth-order valence-electron chi connectivity index (χ4n) is 10.7. The van der Waals surface area contributed by atoms with Gasteiger partial charge in [0.1, 0.15) is 21.6 Å². The maximum absolute atomic E-state index is 13.4. The summed E-state index contributed by atoms with van der Waals surface area (Å²) in [5.41, 5.74) is 2.97. The van der Waals surface area contributed by atoms with Crippen LogP contribution in [0.4, 0.5) is 11.4 Å². The van der Waals surface area contributed by atoms with Gasteiger partial charge in [-0.15, -0.1) is 0 Å². The van der Waals surface area contributed by atoms with E-state index < -0.39 is 86.8 Å². The van der Waals surface area contributed by atoms with Crippen molar-refractivity contribution in [3.05, 3.63) is 149 Å². The van der Waals surface area contributed by atoms with Gasteiger partial charge in [0.2, 0.25) is 21.6 Å². The fourth-order valence-corrected chi connectivity index (χ4v) is 13.9. The van der Waals surface area contributed by atoms with Crippen LogP contribution in [-0.2, 0) is 72.7 Å². The Kier molecular flexibility index (Phi) is 16.6. The van der Waals surface area contributed by atoms with Gasteiger partial charge in [0, 0.05) is 83.1 Å². The predicted molar refractivity (Wildman–Crippen MR) is 305 cm³/mol. The van der Waals surface area contributed by atoms with Crippen molar-refractivity contribution in [1.29, 1.82) is 0 Å². The lowest BCUT2D eigenvalue weighted by Crippen LogP contribution is -2.28. The summed E-state index contributed by atoms with van der Waals surface area (Å²) in [5, 5.41) is 10.9. The molecule has 2 amide bonds. The molecule has 0 aliphatic carbocycles. The van der Waals surface area contributed by atoms with Crippen molar-refractivity contribution < 1.29 is 74.5 Å². The molecule has 434 valence electrons. The molecule has 0 saturated heterocycles. The molecule has 7 N–H and O–H groups in total. The molecule has 82 heavy (non-hydrogen) atoms. The number of nitrogens with one attached hydrogen (secondary N) is 2. The third kappa shape index (κ3) is 12.2. The summed E-state index contributed by atoms with van der Waals surface area (Å²) in [6.07, 6.45) is 9.54. The first kappa shape index (κ1) is 61.0. The number of hydrogen-bond donors (Lipinski definition) is 6. The van der Waals surface area contributed by atoms with Crippen LogP contribution >= 0.6 is 0 Å². The number of carbonyl (C=O) groups is 2. The van der Waals surface area contributed by atoms with Gasteiger partial charge in [-0.25, -0.2) is 22.0 Å². The summed E-state index contributed by atoms with van der Waals surface area (Å²) in [6.45, 7) is 12.1. The summed E-state index contributed by atoms with van der Waals surface area (Å²) in [4.78, 5) is 29.5. The number of rotatable bonds is 19. The van der Waals surface area contributed by atoms with Gasteiger partial charge in [-0.05, 0) is 135 Å². The number of pyridine rings is 1. The SMILES string of the molecule is CCN1/C(=C/C=C(/C=C/C2=[N+](CC)c3ccc4c(S(=O)(=O)[O-])cc(S(=O)(=O)O)cc4c3C2(C)C)c2ccc(C(=O)NCCCCC(=O)NCc3ccc(S(N)(=O)=O)cc3)cn2)C(C)(C)c2c1ccc1c(S(=O)(=O)O)cc(S(=O)(=O)O)cc21. The van der Waals surface area contributed by atoms with Gasteiger partial charge in [-0.3, -0.25) is 28.2 Å². The smallest absolute Gasteiger partial charge is 0.295 e. The molecular formula is C55H58N6O16S5. The van der Waals surface area contributed by atoms with Crippen LogP contribution < -0.4 is 20.7 Å². The van der Waals surface area contributed by atoms with Gasteiger partial charge in [0.25, 0.3) is 36.3 Å². The highest BCUT2D eigenvalue weighted by atomic mass is 32.2. The molecule has 27 heteroatoms. The first-order valence-electron chi connectivity index (χ1n) is 25.4. The van der Waals surface area contributed by atoms with E-state index in [1.807, 2.05) is 51.0 Å². The van der Waals surface area contributed by atoms with Crippen LogP contribution in [0, 0.1) is 0 Å². The molecule has 8 rings (SSSR count). The molecule has 0 unspecified atom stereocenters. The first-order valence-corrected chi connectivity index (χ1v) is 32.6. The van der Waals surface area contributed by atoms with Gasteiger partial charge >= 0.3 is 0 Å². The van der Waals surface area contributed by atoms with Crippen molar-refractivity contribution >= 4 is 107 Å². The average Bonchev–Trinajstić information content (AvgIpc) is 2.72. The number of aromatic nitrogens is 1. The number of unbranched alkanes of at least 4 members (excludes halogenated alkanes) is 1. The molecule has 2 aliphatic rings. The Balaban J connectivity index is 1.14. The summed E-state index contributed by atoms with van der Waals surface area (Å²) in [5.74, 6) is -0.690. The van der Waals surface area contributed by atoms with E-state index >= 15 is 0 Å². The molecule has 0 bridgehead atoms. The number of primary sulfonamides is 1. The Bertz CT molecular complexity index is 4390. The maximum atomic E-state index is 13.4. The quantitative estimate of drug-likeness (QED) is 0.0214. The van der Waals surface area contributed by atoms with E-state index in [0.717, 1.165) is 12.1 Å². The average molecular weight is 1220 g/mol. The van der Waals surface area contributed by atoms with Crippen molar-refractivity contribution in [2.45, 2.75) is 103 Å². The van der Waals surface area contributed by atoms with Crippen LogP contribution in [0.15, 0.2) is 146 Å². The molecule has 22 nitrogen and oxygen atoms in total. The normalized spacial score (nSPS) is 16.1. The number of anilines is 1. The van der Waals surface area contributed by atoms with Crippen LogP contribution in [-0.4, -0.2) is 107 Å². The Morgan fingerprint density at radius 2 is 1.32 bits per heavy atom. The van der Waals surface area contributed by atoms with E-state index in [0.29, 0.717) is 88.8 Å². The molecule has 2 aliphatic heterocycles. The van der Waals surface area contributed by atoms with Crippen molar-refractivity contribution in [3.63, 3.8) is 0 Å². The zero-order chi connectivity index (χ0) is 60.3. The van der Waals surface area contributed by atoms with Crippen molar-refractivity contribution in [1.82, 2.24) is 15.6 Å². The van der Waals surface area contributed by atoms with Gasteiger partial charge in [-0.1, -0.05) is 38.1 Å². The Labute approximate surface area is 475 Å². The molecular weight excluding hydrogens is 1160 g/mol. The van der Waals surface area contributed by atoms with Gasteiger partial charge < -0.3 is 20.1 Å². The number of fused-ring (bicyclic) bond motifs is 6. The van der Waals surface area contributed by atoms with Crippen molar-refractivity contribution in [2.24, 2.45) is 5.14 Å².